The molecule has 0 unspecified atom stereocenters. The SMILES string of the molecule is CCCCC(C(=O)O)C(=O)O.[V]. The van der Waals surface area contributed by atoms with E-state index in [1.807, 2.05) is 6.92 Å². The molecule has 0 heterocycles. The Bertz CT molecular complexity index is 143. The predicted octanol–water partition coefficient (Wildman–Crippen LogP) is 0.960. The van der Waals surface area contributed by atoms with Gasteiger partial charge in [-0.3, -0.25) is 9.59 Å². The van der Waals surface area contributed by atoms with Crippen LogP contribution in [0.25, 0.3) is 0 Å². The molecule has 0 amide bonds. The first-order chi connectivity index (χ1) is 5.09. The first-order valence-electron chi connectivity index (χ1n) is 3.55. The summed E-state index contributed by atoms with van der Waals surface area (Å²) in [6.07, 6.45) is 1.68. The van der Waals surface area contributed by atoms with Gasteiger partial charge in [0, 0.05) is 18.6 Å². The first-order valence-corrected chi connectivity index (χ1v) is 3.55. The van der Waals surface area contributed by atoms with Gasteiger partial charge >= 0.3 is 11.9 Å². The Hall–Kier alpha value is -0.476. The van der Waals surface area contributed by atoms with E-state index in [-0.39, 0.29) is 25.0 Å². The van der Waals surface area contributed by atoms with E-state index >= 15 is 0 Å². The number of aliphatic carboxylic acids is 2. The van der Waals surface area contributed by atoms with Crippen molar-refractivity contribution in [3.63, 3.8) is 0 Å². The fourth-order valence-corrected chi connectivity index (χ4v) is 0.761. The summed E-state index contributed by atoms with van der Waals surface area (Å²) in [6.45, 7) is 1.89. The van der Waals surface area contributed by atoms with Gasteiger partial charge in [-0.2, -0.15) is 0 Å². The van der Waals surface area contributed by atoms with Gasteiger partial charge in [-0.25, -0.2) is 0 Å². The summed E-state index contributed by atoms with van der Waals surface area (Å²) in [5, 5.41) is 16.8. The zero-order chi connectivity index (χ0) is 8.85. The third-order valence-electron chi connectivity index (χ3n) is 1.44. The molecule has 0 saturated carbocycles. The van der Waals surface area contributed by atoms with Crippen molar-refractivity contribution in [2.24, 2.45) is 5.92 Å². The largest absolute Gasteiger partial charge is 0.481 e. The van der Waals surface area contributed by atoms with Gasteiger partial charge in [0.25, 0.3) is 0 Å². The van der Waals surface area contributed by atoms with Crippen LogP contribution in [-0.2, 0) is 28.1 Å². The summed E-state index contributed by atoms with van der Waals surface area (Å²) in [6, 6.07) is 0. The number of unbranched alkanes of at least 4 members (excludes halogenated alkanes) is 1. The number of carboxylic acids is 2. The standard InChI is InChI=1S/C7H12O4.V/c1-2-3-4-5(6(8)9)7(10)11;/h5H,2-4H2,1H3,(H,8,9)(H,10,11);. The second kappa shape index (κ2) is 7.19. The second-order valence-corrected chi connectivity index (χ2v) is 2.37. The fraction of sp³-hybridized carbons (Fsp3) is 0.714. The summed E-state index contributed by atoms with van der Waals surface area (Å²) in [4.78, 5) is 20.5. The Morgan fingerprint density at radius 1 is 1.25 bits per heavy atom. The summed E-state index contributed by atoms with van der Waals surface area (Å²) < 4.78 is 0. The van der Waals surface area contributed by atoms with E-state index in [9.17, 15) is 9.59 Å². The quantitative estimate of drug-likeness (QED) is 0.664. The van der Waals surface area contributed by atoms with Gasteiger partial charge in [0.2, 0.25) is 0 Å². The molecule has 1 radical (unpaired) electrons. The van der Waals surface area contributed by atoms with E-state index in [1.54, 1.807) is 0 Å². The molecule has 69 valence electrons. The zero-order valence-corrected chi connectivity index (χ0v) is 8.25. The smallest absolute Gasteiger partial charge is 0.317 e. The van der Waals surface area contributed by atoms with Crippen molar-refractivity contribution in [2.45, 2.75) is 26.2 Å². The molecule has 0 rings (SSSR count). The maximum Gasteiger partial charge on any atom is 0.317 e. The normalized spacial score (nSPS) is 9.17. The van der Waals surface area contributed by atoms with Crippen LogP contribution < -0.4 is 0 Å². The number of hydrogen-bond acceptors (Lipinski definition) is 2. The van der Waals surface area contributed by atoms with Crippen LogP contribution >= 0.6 is 0 Å². The molecule has 5 heteroatoms. The van der Waals surface area contributed by atoms with Crippen molar-refractivity contribution in [3.8, 4) is 0 Å². The van der Waals surface area contributed by atoms with Crippen LogP contribution in [0.5, 0.6) is 0 Å². The van der Waals surface area contributed by atoms with Crippen LogP contribution in [0, 0.1) is 5.92 Å². The Balaban J connectivity index is 0. The van der Waals surface area contributed by atoms with E-state index in [2.05, 4.69) is 0 Å². The van der Waals surface area contributed by atoms with Gasteiger partial charge in [-0.1, -0.05) is 19.8 Å². The molecule has 0 aromatic carbocycles. The average Bonchev–Trinajstić information content (AvgIpc) is 1.87. The number of carboxylic acid groups (broad SMARTS) is 2. The molecule has 0 atom stereocenters. The third kappa shape index (κ3) is 5.21. The van der Waals surface area contributed by atoms with Crippen LogP contribution in [0.15, 0.2) is 0 Å². The molecule has 0 aromatic heterocycles. The van der Waals surface area contributed by atoms with Crippen molar-refractivity contribution in [3.05, 3.63) is 0 Å². The molecule has 0 aromatic rings. The predicted molar refractivity (Wildman–Crippen MR) is 38.3 cm³/mol. The van der Waals surface area contributed by atoms with Crippen molar-refractivity contribution in [2.75, 3.05) is 0 Å². The van der Waals surface area contributed by atoms with Crippen LogP contribution in [0.4, 0.5) is 0 Å². The summed E-state index contributed by atoms with van der Waals surface area (Å²) in [7, 11) is 0. The number of rotatable bonds is 5. The topological polar surface area (TPSA) is 74.6 Å². The number of hydrogen-bond donors (Lipinski definition) is 2. The van der Waals surface area contributed by atoms with Gasteiger partial charge in [0.1, 0.15) is 0 Å². The molecule has 12 heavy (non-hydrogen) atoms. The van der Waals surface area contributed by atoms with Gasteiger partial charge in [-0.15, -0.1) is 0 Å². The zero-order valence-electron chi connectivity index (χ0n) is 6.86. The minimum atomic E-state index is -1.24. The van der Waals surface area contributed by atoms with Gasteiger partial charge in [0.15, 0.2) is 5.92 Å². The summed E-state index contributed by atoms with van der Waals surface area (Å²) in [5.41, 5.74) is 0. The molecule has 0 fully saturated rings. The van der Waals surface area contributed by atoms with Crippen LogP contribution in [0.3, 0.4) is 0 Å². The van der Waals surface area contributed by atoms with Crippen LogP contribution in [0.1, 0.15) is 26.2 Å². The van der Waals surface area contributed by atoms with Crippen molar-refractivity contribution in [1.82, 2.24) is 0 Å². The molecular weight excluding hydrogens is 199 g/mol. The molecule has 0 aliphatic carbocycles. The maximum atomic E-state index is 10.3. The molecule has 0 spiro atoms. The molecule has 0 saturated heterocycles. The molecule has 2 N–H and O–H groups in total. The Kier molecular flexibility index (Phi) is 8.43. The molecule has 4 nitrogen and oxygen atoms in total. The van der Waals surface area contributed by atoms with Gasteiger partial charge < -0.3 is 10.2 Å². The van der Waals surface area contributed by atoms with Crippen molar-refractivity contribution >= 4 is 11.9 Å². The van der Waals surface area contributed by atoms with Gasteiger partial charge in [0.05, 0.1) is 0 Å². The average molecular weight is 211 g/mol. The molecule has 0 aliphatic rings. The Morgan fingerprint density at radius 2 is 1.67 bits per heavy atom. The first kappa shape index (κ1) is 14.1. The second-order valence-electron chi connectivity index (χ2n) is 2.37. The van der Waals surface area contributed by atoms with E-state index < -0.39 is 17.9 Å². The van der Waals surface area contributed by atoms with Crippen LogP contribution in [-0.4, -0.2) is 22.2 Å². The van der Waals surface area contributed by atoms with Gasteiger partial charge in [-0.05, 0) is 6.42 Å². The third-order valence-corrected chi connectivity index (χ3v) is 1.44. The molecular formula is C7H12O4V. The summed E-state index contributed by atoms with van der Waals surface area (Å²) in [5.74, 6) is -3.72. The number of carbonyl (C=O) groups is 2. The Morgan fingerprint density at radius 3 is 1.92 bits per heavy atom. The molecule has 0 aliphatic heterocycles. The van der Waals surface area contributed by atoms with E-state index in [0.717, 1.165) is 6.42 Å². The maximum absolute atomic E-state index is 10.3. The van der Waals surface area contributed by atoms with Crippen LogP contribution in [0.2, 0.25) is 0 Å². The van der Waals surface area contributed by atoms with E-state index in [0.29, 0.717) is 6.42 Å². The Labute approximate surface area is 82.8 Å². The van der Waals surface area contributed by atoms with E-state index in [4.69, 9.17) is 10.2 Å². The minimum Gasteiger partial charge on any atom is -0.481 e. The monoisotopic (exact) mass is 211 g/mol. The van der Waals surface area contributed by atoms with Crippen molar-refractivity contribution in [1.29, 1.82) is 0 Å². The minimum absolute atomic E-state index is 0. The summed E-state index contributed by atoms with van der Waals surface area (Å²) >= 11 is 0. The molecule has 0 bridgehead atoms. The van der Waals surface area contributed by atoms with Crippen molar-refractivity contribution < 1.29 is 38.4 Å². The van der Waals surface area contributed by atoms with E-state index in [1.165, 1.54) is 0 Å². The fourth-order valence-electron chi connectivity index (χ4n) is 0.761.